The second kappa shape index (κ2) is 4.67. The number of carbonyl (C=O) groups is 1. The molecule has 1 aromatic heterocycles. The van der Waals surface area contributed by atoms with E-state index in [4.69, 9.17) is 4.42 Å². The minimum Gasteiger partial charge on any atom is -0.469 e. The first-order valence-electron chi connectivity index (χ1n) is 4.22. The standard InChI is InChI=1S/C9H14N2O2/c1-7-8(3-6-13-7)9(12)11-5-4-10-2/h3,6,10H,4-5H2,1-2H3,(H,11,12). The van der Waals surface area contributed by atoms with Crippen molar-refractivity contribution in [3.8, 4) is 0 Å². The van der Waals surface area contributed by atoms with Gasteiger partial charge in [-0.1, -0.05) is 0 Å². The molecule has 4 nitrogen and oxygen atoms in total. The smallest absolute Gasteiger partial charge is 0.254 e. The first kappa shape index (κ1) is 9.80. The quantitative estimate of drug-likeness (QED) is 0.668. The summed E-state index contributed by atoms with van der Waals surface area (Å²) in [6.45, 7) is 3.16. The SMILES string of the molecule is CNCCNC(=O)c1ccoc1C. The van der Waals surface area contributed by atoms with E-state index in [0.29, 0.717) is 17.9 Å². The number of furan rings is 1. The van der Waals surface area contributed by atoms with Crippen molar-refractivity contribution in [3.05, 3.63) is 23.7 Å². The summed E-state index contributed by atoms with van der Waals surface area (Å²) in [6, 6.07) is 1.67. The van der Waals surface area contributed by atoms with Crippen molar-refractivity contribution in [2.75, 3.05) is 20.1 Å². The Bertz CT molecular complexity index is 281. The normalized spacial score (nSPS) is 10.0. The summed E-state index contributed by atoms with van der Waals surface area (Å²) in [6.07, 6.45) is 1.52. The second-order valence-corrected chi connectivity index (χ2v) is 2.75. The van der Waals surface area contributed by atoms with Gasteiger partial charge in [0.1, 0.15) is 5.76 Å². The molecule has 4 heteroatoms. The fraction of sp³-hybridized carbons (Fsp3) is 0.444. The number of aryl methyl sites for hydroxylation is 1. The van der Waals surface area contributed by atoms with Gasteiger partial charge in [-0.15, -0.1) is 0 Å². The Balaban J connectivity index is 2.45. The molecule has 0 saturated heterocycles. The molecular weight excluding hydrogens is 168 g/mol. The number of amides is 1. The fourth-order valence-electron chi connectivity index (χ4n) is 1.02. The molecule has 0 radical (unpaired) electrons. The van der Waals surface area contributed by atoms with Gasteiger partial charge in [0.2, 0.25) is 0 Å². The predicted molar refractivity (Wildman–Crippen MR) is 49.7 cm³/mol. The minimum absolute atomic E-state index is 0.0819. The highest BCUT2D eigenvalue weighted by Gasteiger charge is 2.09. The molecule has 0 spiro atoms. The maximum atomic E-state index is 11.4. The Morgan fingerprint density at radius 2 is 2.31 bits per heavy atom. The third-order valence-corrected chi connectivity index (χ3v) is 1.76. The largest absolute Gasteiger partial charge is 0.469 e. The Labute approximate surface area is 77.3 Å². The van der Waals surface area contributed by atoms with Crippen molar-refractivity contribution in [1.82, 2.24) is 10.6 Å². The monoisotopic (exact) mass is 182 g/mol. The number of hydrogen-bond donors (Lipinski definition) is 2. The molecule has 0 aromatic carbocycles. The van der Waals surface area contributed by atoms with Crippen LogP contribution in [0.1, 0.15) is 16.1 Å². The van der Waals surface area contributed by atoms with Gasteiger partial charge in [-0.2, -0.15) is 0 Å². The van der Waals surface area contributed by atoms with Crippen LogP contribution in [0.5, 0.6) is 0 Å². The summed E-state index contributed by atoms with van der Waals surface area (Å²) in [4.78, 5) is 11.4. The third kappa shape index (κ3) is 2.59. The first-order valence-corrected chi connectivity index (χ1v) is 4.22. The van der Waals surface area contributed by atoms with Crippen LogP contribution in [0, 0.1) is 6.92 Å². The van der Waals surface area contributed by atoms with Crippen LogP contribution in [0.4, 0.5) is 0 Å². The number of rotatable bonds is 4. The molecule has 1 amide bonds. The molecule has 1 heterocycles. The number of nitrogens with one attached hydrogen (secondary N) is 2. The third-order valence-electron chi connectivity index (χ3n) is 1.76. The van der Waals surface area contributed by atoms with Gasteiger partial charge in [0.15, 0.2) is 0 Å². The highest BCUT2D eigenvalue weighted by Crippen LogP contribution is 2.07. The van der Waals surface area contributed by atoms with Crippen LogP contribution in [0.2, 0.25) is 0 Å². The van der Waals surface area contributed by atoms with Crippen molar-refractivity contribution in [2.24, 2.45) is 0 Å². The molecule has 72 valence electrons. The molecule has 1 rings (SSSR count). The zero-order valence-corrected chi connectivity index (χ0v) is 7.89. The van der Waals surface area contributed by atoms with Crippen LogP contribution in [0.25, 0.3) is 0 Å². The lowest BCUT2D eigenvalue weighted by atomic mass is 10.2. The molecule has 0 bridgehead atoms. The Hall–Kier alpha value is -1.29. The van der Waals surface area contributed by atoms with Crippen molar-refractivity contribution in [1.29, 1.82) is 0 Å². The zero-order valence-electron chi connectivity index (χ0n) is 7.89. The van der Waals surface area contributed by atoms with Crippen LogP contribution < -0.4 is 10.6 Å². The lowest BCUT2D eigenvalue weighted by Gasteiger charge is -2.02. The van der Waals surface area contributed by atoms with Crippen molar-refractivity contribution < 1.29 is 9.21 Å². The van der Waals surface area contributed by atoms with E-state index in [1.54, 1.807) is 13.0 Å². The van der Waals surface area contributed by atoms with Crippen molar-refractivity contribution >= 4 is 5.91 Å². The second-order valence-electron chi connectivity index (χ2n) is 2.75. The maximum absolute atomic E-state index is 11.4. The highest BCUT2D eigenvalue weighted by atomic mass is 16.3. The van der Waals surface area contributed by atoms with Crippen LogP contribution >= 0.6 is 0 Å². The van der Waals surface area contributed by atoms with Gasteiger partial charge in [0.05, 0.1) is 11.8 Å². The summed E-state index contributed by atoms with van der Waals surface area (Å²) in [7, 11) is 1.84. The van der Waals surface area contributed by atoms with Crippen LogP contribution in [0.15, 0.2) is 16.7 Å². The number of carbonyl (C=O) groups excluding carboxylic acids is 1. The Morgan fingerprint density at radius 1 is 1.54 bits per heavy atom. The zero-order chi connectivity index (χ0) is 9.68. The van der Waals surface area contributed by atoms with E-state index in [1.807, 2.05) is 7.05 Å². The average molecular weight is 182 g/mol. The van der Waals surface area contributed by atoms with Gasteiger partial charge in [0.25, 0.3) is 5.91 Å². The molecule has 0 fully saturated rings. The van der Waals surface area contributed by atoms with Crippen LogP contribution in [0.3, 0.4) is 0 Å². The molecule has 0 aliphatic carbocycles. The molecule has 0 atom stereocenters. The summed E-state index contributed by atoms with van der Waals surface area (Å²) >= 11 is 0. The predicted octanol–water partition coefficient (Wildman–Crippen LogP) is 0.537. The van der Waals surface area contributed by atoms with E-state index in [-0.39, 0.29) is 5.91 Å². The lowest BCUT2D eigenvalue weighted by Crippen LogP contribution is -2.30. The number of likely N-dealkylation sites (N-methyl/N-ethyl adjacent to an activating group) is 1. The molecule has 1 aromatic rings. The maximum Gasteiger partial charge on any atom is 0.254 e. The van der Waals surface area contributed by atoms with Gasteiger partial charge in [0, 0.05) is 13.1 Å². The molecule has 0 aliphatic heterocycles. The molecule has 13 heavy (non-hydrogen) atoms. The summed E-state index contributed by atoms with van der Waals surface area (Å²) in [5.41, 5.74) is 0.608. The molecular formula is C9H14N2O2. The van der Waals surface area contributed by atoms with Gasteiger partial charge in [-0.05, 0) is 20.0 Å². The van der Waals surface area contributed by atoms with Gasteiger partial charge < -0.3 is 15.1 Å². The van der Waals surface area contributed by atoms with Crippen molar-refractivity contribution in [2.45, 2.75) is 6.92 Å². The molecule has 0 saturated carbocycles. The van der Waals surface area contributed by atoms with Gasteiger partial charge in [-0.25, -0.2) is 0 Å². The number of hydrogen-bond acceptors (Lipinski definition) is 3. The summed E-state index contributed by atoms with van der Waals surface area (Å²) in [5, 5.41) is 5.71. The highest BCUT2D eigenvalue weighted by molar-refractivity contribution is 5.94. The topological polar surface area (TPSA) is 54.3 Å². The molecule has 0 aliphatic rings. The van der Waals surface area contributed by atoms with Gasteiger partial charge >= 0.3 is 0 Å². The minimum atomic E-state index is -0.0819. The van der Waals surface area contributed by atoms with E-state index in [9.17, 15) is 4.79 Å². The molecule has 0 unspecified atom stereocenters. The summed E-state index contributed by atoms with van der Waals surface area (Å²) < 4.78 is 5.02. The average Bonchev–Trinajstić information content (AvgIpc) is 2.52. The molecule has 2 N–H and O–H groups in total. The van der Waals surface area contributed by atoms with E-state index < -0.39 is 0 Å². The van der Waals surface area contributed by atoms with Crippen LogP contribution in [-0.4, -0.2) is 26.0 Å². The van der Waals surface area contributed by atoms with Crippen LogP contribution in [-0.2, 0) is 0 Å². The first-order chi connectivity index (χ1) is 6.25. The Morgan fingerprint density at radius 3 is 2.85 bits per heavy atom. The van der Waals surface area contributed by atoms with Gasteiger partial charge in [-0.3, -0.25) is 4.79 Å². The van der Waals surface area contributed by atoms with E-state index in [1.165, 1.54) is 6.26 Å². The van der Waals surface area contributed by atoms with E-state index in [2.05, 4.69) is 10.6 Å². The summed E-state index contributed by atoms with van der Waals surface area (Å²) in [5.74, 6) is 0.573. The Kier molecular flexibility index (Phi) is 3.52. The van der Waals surface area contributed by atoms with Crippen molar-refractivity contribution in [3.63, 3.8) is 0 Å². The van der Waals surface area contributed by atoms with E-state index in [0.717, 1.165) is 6.54 Å². The lowest BCUT2D eigenvalue weighted by molar-refractivity contribution is 0.0952. The van der Waals surface area contributed by atoms with E-state index >= 15 is 0 Å². The fourth-order valence-corrected chi connectivity index (χ4v) is 1.02.